The summed E-state index contributed by atoms with van der Waals surface area (Å²) in [5.41, 5.74) is 6.32. The normalized spacial score (nSPS) is 18.0. The Bertz CT molecular complexity index is 650. The second kappa shape index (κ2) is 5.71. The number of hydrogen-bond donors (Lipinski definition) is 2. The van der Waals surface area contributed by atoms with Gasteiger partial charge in [0.15, 0.2) is 5.76 Å². The van der Waals surface area contributed by atoms with Gasteiger partial charge in [0.2, 0.25) is 0 Å². The SMILES string of the molecule is N[C@@H]1CCN(C(=O)c2ccsc2NC(=O)c2ccco2)C1. The van der Waals surface area contributed by atoms with Gasteiger partial charge in [0.05, 0.1) is 11.8 Å². The summed E-state index contributed by atoms with van der Waals surface area (Å²) in [6, 6.07) is 4.97. The summed E-state index contributed by atoms with van der Waals surface area (Å²) in [6.45, 7) is 1.21. The van der Waals surface area contributed by atoms with Crippen LogP contribution < -0.4 is 11.1 Å². The van der Waals surface area contributed by atoms with E-state index in [9.17, 15) is 9.59 Å². The zero-order valence-electron chi connectivity index (χ0n) is 11.2. The van der Waals surface area contributed by atoms with E-state index in [4.69, 9.17) is 10.2 Å². The van der Waals surface area contributed by atoms with Crippen molar-refractivity contribution in [2.75, 3.05) is 18.4 Å². The molecule has 0 aliphatic carbocycles. The monoisotopic (exact) mass is 305 g/mol. The number of hydrogen-bond acceptors (Lipinski definition) is 5. The highest BCUT2D eigenvalue weighted by Gasteiger charge is 2.27. The van der Waals surface area contributed by atoms with Crippen LogP contribution in [-0.2, 0) is 0 Å². The van der Waals surface area contributed by atoms with E-state index in [-0.39, 0.29) is 23.6 Å². The molecule has 1 fully saturated rings. The van der Waals surface area contributed by atoms with Crippen LogP contribution in [0, 0.1) is 0 Å². The van der Waals surface area contributed by atoms with Crippen LogP contribution in [0.4, 0.5) is 5.00 Å². The minimum absolute atomic E-state index is 0.0359. The van der Waals surface area contributed by atoms with Crippen molar-refractivity contribution < 1.29 is 14.0 Å². The Morgan fingerprint density at radius 2 is 2.29 bits per heavy atom. The van der Waals surface area contributed by atoms with E-state index in [2.05, 4.69) is 5.32 Å². The molecule has 3 heterocycles. The maximum Gasteiger partial charge on any atom is 0.291 e. The summed E-state index contributed by atoms with van der Waals surface area (Å²) in [4.78, 5) is 26.1. The molecule has 2 amide bonds. The molecule has 0 unspecified atom stereocenters. The Morgan fingerprint density at radius 1 is 1.43 bits per heavy atom. The second-order valence-electron chi connectivity index (χ2n) is 4.89. The van der Waals surface area contributed by atoms with Crippen molar-refractivity contribution in [1.29, 1.82) is 0 Å². The first-order valence-electron chi connectivity index (χ1n) is 6.62. The minimum atomic E-state index is -0.366. The third kappa shape index (κ3) is 2.84. The predicted octanol–water partition coefficient (Wildman–Crippen LogP) is 1.77. The first-order chi connectivity index (χ1) is 10.1. The number of thiophene rings is 1. The molecule has 1 aliphatic rings. The number of nitrogens with one attached hydrogen (secondary N) is 1. The summed E-state index contributed by atoms with van der Waals surface area (Å²) >= 11 is 1.31. The molecule has 1 saturated heterocycles. The molecule has 3 rings (SSSR count). The average Bonchev–Trinajstić information content (AvgIpc) is 3.18. The lowest BCUT2D eigenvalue weighted by molar-refractivity contribution is 0.0792. The van der Waals surface area contributed by atoms with Gasteiger partial charge < -0.3 is 20.4 Å². The molecule has 6 nitrogen and oxygen atoms in total. The van der Waals surface area contributed by atoms with E-state index >= 15 is 0 Å². The molecule has 110 valence electrons. The number of anilines is 1. The molecule has 0 saturated carbocycles. The summed E-state index contributed by atoms with van der Waals surface area (Å²) in [5.74, 6) is -0.251. The fourth-order valence-corrected chi connectivity index (χ4v) is 3.06. The van der Waals surface area contributed by atoms with E-state index in [1.54, 1.807) is 28.5 Å². The largest absolute Gasteiger partial charge is 0.459 e. The average molecular weight is 305 g/mol. The Kier molecular flexibility index (Phi) is 3.76. The summed E-state index contributed by atoms with van der Waals surface area (Å²) in [5, 5.41) is 5.02. The molecular formula is C14H15N3O3S. The summed E-state index contributed by atoms with van der Waals surface area (Å²) < 4.78 is 5.04. The number of furan rings is 1. The van der Waals surface area contributed by atoms with E-state index < -0.39 is 0 Å². The second-order valence-corrected chi connectivity index (χ2v) is 5.81. The highest BCUT2D eigenvalue weighted by Crippen LogP contribution is 2.26. The summed E-state index contributed by atoms with van der Waals surface area (Å²) in [6.07, 6.45) is 2.24. The fourth-order valence-electron chi connectivity index (χ4n) is 2.29. The van der Waals surface area contributed by atoms with Gasteiger partial charge in [-0.3, -0.25) is 9.59 Å². The Morgan fingerprint density at radius 3 is 2.95 bits per heavy atom. The van der Waals surface area contributed by atoms with Gasteiger partial charge in [-0.25, -0.2) is 0 Å². The van der Waals surface area contributed by atoms with Crippen LogP contribution in [0.5, 0.6) is 0 Å². The lowest BCUT2D eigenvalue weighted by atomic mass is 10.2. The summed E-state index contributed by atoms with van der Waals surface area (Å²) in [7, 11) is 0. The first-order valence-corrected chi connectivity index (χ1v) is 7.50. The van der Waals surface area contributed by atoms with Crippen LogP contribution in [0.3, 0.4) is 0 Å². The Balaban J connectivity index is 1.75. The molecule has 2 aromatic rings. The quantitative estimate of drug-likeness (QED) is 0.904. The van der Waals surface area contributed by atoms with Gasteiger partial charge >= 0.3 is 0 Å². The van der Waals surface area contributed by atoms with E-state index in [0.29, 0.717) is 23.7 Å². The standard InChI is InChI=1S/C14H15N3O3S/c15-9-3-5-17(8-9)14(19)10-4-7-21-13(10)16-12(18)11-2-1-6-20-11/h1-2,4,6-7,9H,3,5,8,15H2,(H,16,18)/t9-/m1/s1. The lowest BCUT2D eigenvalue weighted by Crippen LogP contribution is -2.32. The third-order valence-electron chi connectivity index (χ3n) is 3.38. The van der Waals surface area contributed by atoms with E-state index in [0.717, 1.165) is 6.42 Å². The van der Waals surface area contributed by atoms with Crippen molar-refractivity contribution in [1.82, 2.24) is 4.90 Å². The van der Waals surface area contributed by atoms with Crippen molar-refractivity contribution in [3.63, 3.8) is 0 Å². The first kappa shape index (κ1) is 13.8. The number of carbonyl (C=O) groups is 2. The van der Waals surface area contributed by atoms with Crippen molar-refractivity contribution in [3.05, 3.63) is 41.2 Å². The highest BCUT2D eigenvalue weighted by atomic mass is 32.1. The van der Waals surface area contributed by atoms with Crippen LogP contribution in [0.25, 0.3) is 0 Å². The molecule has 0 aromatic carbocycles. The Hall–Kier alpha value is -2.12. The fraction of sp³-hybridized carbons (Fsp3) is 0.286. The maximum atomic E-state index is 12.4. The molecule has 3 N–H and O–H groups in total. The smallest absolute Gasteiger partial charge is 0.291 e. The molecule has 21 heavy (non-hydrogen) atoms. The number of rotatable bonds is 3. The van der Waals surface area contributed by atoms with Crippen molar-refractivity contribution >= 4 is 28.2 Å². The molecule has 1 atom stereocenters. The van der Waals surface area contributed by atoms with Crippen LogP contribution >= 0.6 is 11.3 Å². The van der Waals surface area contributed by atoms with Crippen LogP contribution in [-0.4, -0.2) is 35.8 Å². The molecule has 7 heteroatoms. The van der Waals surface area contributed by atoms with Crippen molar-refractivity contribution in [2.45, 2.75) is 12.5 Å². The number of nitrogens with zero attached hydrogens (tertiary/aromatic N) is 1. The molecule has 2 aromatic heterocycles. The highest BCUT2D eigenvalue weighted by molar-refractivity contribution is 7.14. The lowest BCUT2D eigenvalue weighted by Gasteiger charge is -2.16. The maximum absolute atomic E-state index is 12.4. The number of likely N-dealkylation sites (tertiary alicyclic amines) is 1. The van der Waals surface area contributed by atoms with E-state index in [1.165, 1.54) is 17.6 Å². The van der Waals surface area contributed by atoms with Crippen molar-refractivity contribution in [3.8, 4) is 0 Å². The molecule has 1 aliphatic heterocycles. The van der Waals surface area contributed by atoms with Gasteiger partial charge in [-0.05, 0) is 30.0 Å². The van der Waals surface area contributed by atoms with Crippen LogP contribution in [0.2, 0.25) is 0 Å². The van der Waals surface area contributed by atoms with Gasteiger partial charge in [0, 0.05) is 19.1 Å². The van der Waals surface area contributed by atoms with Gasteiger partial charge in [-0.1, -0.05) is 0 Å². The van der Waals surface area contributed by atoms with Crippen LogP contribution in [0.15, 0.2) is 34.3 Å². The van der Waals surface area contributed by atoms with Crippen molar-refractivity contribution in [2.24, 2.45) is 5.73 Å². The number of nitrogens with two attached hydrogens (primary N) is 1. The number of carbonyl (C=O) groups excluding carboxylic acids is 2. The number of amides is 2. The zero-order valence-corrected chi connectivity index (χ0v) is 12.1. The van der Waals surface area contributed by atoms with Gasteiger partial charge in [0.1, 0.15) is 5.00 Å². The van der Waals surface area contributed by atoms with Gasteiger partial charge in [0.25, 0.3) is 11.8 Å². The zero-order chi connectivity index (χ0) is 14.8. The topological polar surface area (TPSA) is 88.6 Å². The van der Waals surface area contributed by atoms with E-state index in [1.807, 2.05) is 0 Å². The predicted molar refractivity (Wildman–Crippen MR) is 79.5 cm³/mol. The van der Waals surface area contributed by atoms with Gasteiger partial charge in [-0.15, -0.1) is 11.3 Å². The third-order valence-corrected chi connectivity index (χ3v) is 4.21. The molecule has 0 spiro atoms. The van der Waals surface area contributed by atoms with Gasteiger partial charge in [-0.2, -0.15) is 0 Å². The minimum Gasteiger partial charge on any atom is -0.459 e. The molecular weight excluding hydrogens is 290 g/mol. The Labute approximate surface area is 125 Å². The molecule has 0 bridgehead atoms. The van der Waals surface area contributed by atoms with Crippen LogP contribution in [0.1, 0.15) is 27.3 Å². The molecule has 0 radical (unpaired) electrons.